The van der Waals surface area contributed by atoms with Gasteiger partial charge in [-0.1, -0.05) is 54.1 Å². The molecule has 1 heterocycles. The van der Waals surface area contributed by atoms with Crippen molar-refractivity contribution in [1.29, 1.82) is 0 Å². The van der Waals surface area contributed by atoms with E-state index >= 15 is 0 Å². The van der Waals surface area contributed by atoms with E-state index in [4.69, 9.17) is 20.8 Å². The maximum atomic E-state index is 12.0. The number of carbonyl (C=O) groups is 1. The lowest BCUT2D eigenvalue weighted by atomic mass is 10.1. The number of benzene rings is 2. The van der Waals surface area contributed by atoms with E-state index in [9.17, 15) is 9.59 Å². The zero-order valence-corrected chi connectivity index (χ0v) is 15.2. The molecule has 0 radical (unpaired) electrons. The van der Waals surface area contributed by atoms with Crippen LogP contribution in [0.1, 0.15) is 16.9 Å². The maximum absolute atomic E-state index is 12.0. The lowest BCUT2D eigenvalue weighted by molar-refractivity contribution is -0.128. The molecule has 0 atom stereocenters. The van der Waals surface area contributed by atoms with Crippen LogP contribution < -0.4 is 10.4 Å². The standard InChI is InChI=1S/C22H17ClO4/c23-18-8-4-7-17(13-18)10-12-21(24)27-20-14-19(26-22(25)15-20)11-9-16-5-2-1-3-6-16/h1-8,10,12-15H,9,11H2/b12-10+. The quantitative estimate of drug-likeness (QED) is 0.459. The predicted octanol–water partition coefficient (Wildman–Crippen LogP) is 4.70. The molecule has 5 heteroatoms. The average Bonchev–Trinajstić information content (AvgIpc) is 2.65. The first-order chi connectivity index (χ1) is 13.1. The third-order valence-electron chi connectivity index (χ3n) is 3.78. The van der Waals surface area contributed by atoms with E-state index in [0.717, 1.165) is 23.6 Å². The molecule has 0 saturated heterocycles. The zero-order chi connectivity index (χ0) is 19.1. The van der Waals surface area contributed by atoms with Crippen molar-refractivity contribution in [3.05, 3.63) is 105 Å². The second kappa shape index (κ2) is 9.01. The second-order valence-corrected chi connectivity index (χ2v) is 6.31. The lowest BCUT2D eigenvalue weighted by Gasteiger charge is -2.04. The number of esters is 1. The molecule has 3 aromatic rings. The van der Waals surface area contributed by atoms with Gasteiger partial charge < -0.3 is 9.15 Å². The van der Waals surface area contributed by atoms with Gasteiger partial charge in [0.05, 0.1) is 6.07 Å². The summed E-state index contributed by atoms with van der Waals surface area (Å²) < 4.78 is 10.4. The highest BCUT2D eigenvalue weighted by atomic mass is 35.5. The van der Waals surface area contributed by atoms with E-state index in [0.29, 0.717) is 17.2 Å². The summed E-state index contributed by atoms with van der Waals surface area (Å²) in [5.41, 5.74) is 1.35. The molecule has 0 spiro atoms. The van der Waals surface area contributed by atoms with Crippen LogP contribution in [-0.2, 0) is 17.6 Å². The van der Waals surface area contributed by atoms with Crippen molar-refractivity contribution < 1.29 is 13.9 Å². The Morgan fingerprint density at radius 3 is 2.59 bits per heavy atom. The van der Waals surface area contributed by atoms with Crippen LogP contribution in [-0.4, -0.2) is 5.97 Å². The summed E-state index contributed by atoms with van der Waals surface area (Å²) >= 11 is 5.90. The minimum Gasteiger partial charge on any atom is -0.428 e. The number of hydrogen-bond acceptors (Lipinski definition) is 4. The number of halogens is 1. The molecule has 0 unspecified atom stereocenters. The minimum absolute atomic E-state index is 0.162. The van der Waals surface area contributed by atoms with Crippen LogP contribution in [0.3, 0.4) is 0 Å². The van der Waals surface area contributed by atoms with Crippen molar-refractivity contribution in [3.8, 4) is 5.75 Å². The summed E-state index contributed by atoms with van der Waals surface area (Å²) in [5, 5.41) is 0.578. The summed E-state index contributed by atoms with van der Waals surface area (Å²) in [5.74, 6) is 0.0395. The van der Waals surface area contributed by atoms with Crippen LogP contribution in [0.4, 0.5) is 0 Å². The number of carbonyl (C=O) groups excluding carboxylic acids is 1. The van der Waals surface area contributed by atoms with Gasteiger partial charge in [-0.25, -0.2) is 9.59 Å². The number of ether oxygens (including phenoxy) is 1. The summed E-state index contributed by atoms with van der Waals surface area (Å²) in [6.07, 6.45) is 4.12. The van der Waals surface area contributed by atoms with Crippen molar-refractivity contribution in [2.45, 2.75) is 12.8 Å². The van der Waals surface area contributed by atoms with Crippen LogP contribution in [0.5, 0.6) is 5.75 Å². The normalized spacial score (nSPS) is 10.9. The molecule has 0 amide bonds. The SMILES string of the molecule is O=C(/C=C/c1cccc(Cl)c1)Oc1cc(CCc2ccccc2)oc(=O)c1. The van der Waals surface area contributed by atoms with Crippen molar-refractivity contribution >= 4 is 23.6 Å². The molecule has 0 fully saturated rings. The molecule has 0 aliphatic heterocycles. The highest BCUT2D eigenvalue weighted by molar-refractivity contribution is 6.30. The van der Waals surface area contributed by atoms with Crippen LogP contribution in [0.25, 0.3) is 6.08 Å². The Morgan fingerprint density at radius 2 is 1.81 bits per heavy atom. The van der Waals surface area contributed by atoms with E-state index < -0.39 is 11.6 Å². The number of hydrogen-bond donors (Lipinski definition) is 0. The first kappa shape index (κ1) is 18.7. The van der Waals surface area contributed by atoms with Crippen molar-refractivity contribution in [2.75, 3.05) is 0 Å². The van der Waals surface area contributed by atoms with E-state index in [-0.39, 0.29) is 5.75 Å². The minimum atomic E-state index is -0.588. The fourth-order valence-corrected chi connectivity index (χ4v) is 2.72. The van der Waals surface area contributed by atoms with Gasteiger partial charge in [0.2, 0.25) is 0 Å². The predicted molar refractivity (Wildman–Crippen MR) is 105 cm³/mol. The first-order valence-electron chi connectivity index (χ1n) is 8.42. The van der Waals surface area contributed by atoms with Crippen molar-refractivity contribution in [2.24, 2.45) is 0 Å². The Bertz CT molecular complexity index is 1010. The van der Waals surface area contributed by atoms with Crippen molar-refractivity contribution in [3.63, 3.8) is 0 Å². The topological polar surface area (TPSA) is 56.5 Å². The maximum Gasteiger partial charge on any atom is 0.339 e. The Balaban J connectivity index is 1.65. The van der Waals surface area contributed by atoms with E-state index in [2.05, 4.69) is 0 Å². The summed E-state index contributed by atoms with van der Waals surface area (Å²) in [4.78, 5) is 23.7. The zero-order valence-electron chi connectivity index (χ0n) is 14.4. The molecule has 3 rings (SSSR count). The van der Waals surface area contributed by atoms with Gasteiger partial charge in [0.25, 0.3) is 0 Å². The van der Waals surface area contributed by atoms with Gasteiger partial charge in [-0.2, -0.15) is 0 Å². The molecular formula is C22H17ClO4. The summed E-state index contributed by atoms with van der Waals surface area (Å²) in [7, 11) is 0. The van der Waals surface area contributed by atoms with E-state index in [1.165, 1.54) is 6.08 Å². The van der Waals surface area contributed by atoms with Gasteiger partial charge in [-0.15, -0.1) is 0 Å². The van der Waals surface area contributed by atoms with Crippen LogP contribution in [0.15, 0.2) is 82.0 Å². The Morgan fingerprint density at radius 1 is 1.00 bits per heavy atom. The highest BCUT2D eigenvalue weighted by Crippen LogP contribution is 2.15. The van der Waals surface area contributed by atoms with Crippen LogP contribution in [0.2, 0.25) is 5.02 Å². The molecule has 136 valence electrons. The van der Waals surface area contributed by atoms with Crippen molar-refractivity contribution in [1.82, 2.24) is 0 Å². The van der Waals surface area contributed by atoms with Gasteiger partial charge in [0.1, 0.15) is 11.5 Å². The Labute approximate surface area is 161 Å². The monoisotopic (exact) mass is 380 g/mol. The third kappa shape index (κ3) is 5.97. The average molecular weight is 381 g/mol. The molecule has 0 aliphatic carbocycles. The third-order valence-corrected chi connectivity index (χ3v) is 4.01. The largest absolute Gasteiger partial charge is 0.428 e. The molecule has 1 aromatic heterocycles. The lowest BCUT2D eigenvalue weighted by Crippen LogP contribution is -2.08. The molecule has 2 aromatic carbocycles. The van der Waals surface area contributed by atoms with Gasteiger partial charge >= 0.3 is 11.6 Å². The molecule has 0 aliphatic rings. The molecular weight excluding hydrogens is 364 g/mol. The molecule has 0 bridgehead atoms. The van der Waals surface area contributed by atoms with Gasteiger partial charge in [-0.3, -0.25) is 0 Å². The Kier molecular flexibility index (Phi) is 6.23. The van der Waals surface area contributed by atoms with E-state index in [1.54, 1.807) is 30.3 Å². The van der Waals surface area contributed by atoms with Gasteiger partial charge in [0.15, 0.2) is 0 Å². The first-order valence-corrected chi connectivity index (χ1v) is 8.80. The van der Waals surface area contributed by atoms with Crippen LogP contribution >= 0.6 is 11.6 Å². The molecule has 0 saturated carbocycles. The van der Waals surface area contributed by atoms with Crippen LogP contribution in [0, 0.1) is 0 Å². The summed E-state index contributed by atoms with van der Waals surface area (Å²) in [6, 6.07) is 19.6. The molecule has 27 heavy (non-hydrogen) atoms. The molecule has 0 N–H and O–H groups in total. The second-order valence-electron chi connectivity index (χ2n) is 5.87. The summed E-state index contributed by atoms with van der Waals surface area (Å²) in [6.45, 7) is 0. The van der Waals surface area contributed by atoms with E-state index in [1.807, 2.05) is 36.4 Å². The van der Waals surface area contributed by atoms with Gasteiger partial charge in [0, 0.05) is 23.6 Å². The fraction of sp³-hybridized carbons (Fsp3) is 0.0909. The number of aryl methyl sites for hydroxylation is 2. The smallest absolute Gasteiger partial charge is 0.339 e. The van der Waals surface area contributed by atoms with Gasteiger partial charge in [-0.05, 0) is 35.8 Å². The Hall–Kier alpha value is -3.11. The molecule has 4 nitrogen and oxygen atoms in total. The highest BCUT2D eigenvalue weighted by Gasteiger charge is 2.07. The number of rotatable bonds is 6. The fourth-order valence-electron chi connectivity index (χ4n) is 2.52.